The van der Waals surface area contributed by atoms with Crippen molar-refractivity contribution in [2.24, 2.45) is 7.05 Å². The van der Waals surface area contributed by atoms with Crippen LogP contribution in [-0.2, 0) is 21.4 Å². The molecule has 0 radical (unpaired) electrons. The van der Waals surface area contributed by atoms with E-state index in [-0.39, 0.29) is 30.3 Å². The number of fused-ring (bicyclic) bond motifs is 1. The third kappa shape index (κ3) is 5.03. The molecular formula is C27H38N6O5. The van der Waals surface area contributed by atoms with Crippen LogP contribution in [0.15, 0.2) is 23.0 Å². The second-order valence-electron chi connectivity index (χ2n) is 11.5. The molecule has 4 heterocycles. The summed E-state index contributed by atoms with van der Waals surface area (Å²) in [7, 11) is 1.71. The minimum Gasteiger partial charge on any atom is -0.444 e. The Morgan fingerprint density at radius 3 is 2.39 bits per heavy atom. The molecule has 2 unspecified atom stereocenters. The van der Waals surface area contributed by atoms with Gasteiger partial charge in [0.15, 0.2) is 0 Å². The molecule has 2 atom stereocenters. The lowest BCUT2D eigenvalue weighted by Crippen LogP contribution is -2.59. The maximum atomic E-state index is 13.1. The van der Waals surface area contributed by atoms with Crippen molar-refractivity contribution >= 4 is 34.6 Å². The third-order valence-electron chi connectivity index (χ3n) is 7.79. The number of ether oxygens (including phenoxy) is 1. The van der Waals surface area contributed by atoms with Gasteiger partial charge in [0.2, 0.25) is 11.8 Å². The van der Waals surface area contributed by atoms with Crippen molar-refractivity contribution in [2.75, 3.05) is 37.6 Å². The number of aromatic nitrogens is 2. The molecule has 3 aliphatic rings. The Morgan fingerprint density at radius 2 is 1.71 bits per heavy atom. The molecule has 206 valence electrons. The zero-order chi connectivity index (χ0) is 27.2. The lowest BCUT2D eigenvalue weighted by molar-refractivity contribution is -0.135. The number of carbonyl (C=O) groups excluding carboxylic acids is 3. The van der Waals surface area contributed by atoms with Crippen molar-refractivity contribution in [3.8, 4) is 0 Å². The Balaban J connectivity index is 1.31. The van der Waals surface area contributed by atoms with Crippen LogP contribution in [0.4, 0.5) is 10.5 Å². The van der Waals surface area contributed by atoms with E-state index in [2.05, 4.69) is 15.1 Å². The van der Waals surface area contributed by atoms with Gasteiger partial charge in [0.1, 0.15) is 11.6 Å². The molecule has 3 fully saturated rings. The van der Waals surface area contributed by atoms with Crippen LogP contribution in [0.25, 0.3) is 11.0 Å². The maximum Gasteiger partial charge on any atom is 0.411 e. The van der Waals surface area contributed by atoms with Gasteiger partial charge in [-0.2, -0.15) is 0 Å². The Hall–Kier alpha value is -3.34. The predicted octanol–water partition coefficient (Wildman–Crippen LogP) is 2.19. The van der Waals surface area contributed by atoms with E-state index in [9.17, 15) is 19.2 Å². The number of piperazine rings is 1. The van der Waals surface area contributed by atoms with Crippen molar-refractivity contribution in [3.63, 3.8) is 0 Å². The van der Waals surface area contributed by atoms with Crippen molar-refractivity contribution in [1.82, 2.24) is 24.3 Å². The van der Waals surface area contributed by atoms with Crippen LogP contribution >= 0.6 is 0 Å². The van der Waals surface area contributed by atoms with Gasteiger partial charge >= 0.3 is 11.8 Å². The van der Waals surface area contributed by atoms with E-state index in [1.54, 1.807) is 11.6 Å². The fourth-order valence-electron chi connectivity index (χ4n) is 5.88. The zero-order valence-electron chi connectivity index (χ0n) is 22.7. The third-order valence-corrected chi connectivity index (χ3v) is 7.79. The van der Waals surface area contributed by atoms with E-state index in [0.717, 1.165) is 56.6 Å². The fraction of sp³-hybridized carbons (Fsp3) is 0.630. The molecule has 11 nitrogen and oxygen atoms in total. The highest BCUT2D eigenvalue weighted by molar-refractivity contribution is 6.00. The number of anilines is 1. The highest BCUT2D eigenvalue weighted by Crippen LogP contribution is 2.29. The standard InChI is InChI=1S/C27H38N6O5/c1-27(2,3)38-26(37)32-12-6-5-7-23(32)31-15-13-30(14-16-31)18-8-9-19-21(17-18)29(4)25(36)33(19)20-10-11-22(34)28-24(20)35/h8-9,17,20,23H,5-7,10-16H2,1-4H3,(H,28,34,35). The first-order valence-corrected chi connectivity index (χ1v) is 13.6. The molecule has 38 heavy (non-hydrogen) atoms. The number of hydrogen-bond donors (Lipinski definition) is 1. The largest absolute Gasteiger partial charge is 0.444 e. The van der Waals surface area contributed by atoms with Crippen molar-refractivity contribution < 1.29 is 19.1 Å². The topological polar surface area (TPSA) is 109 Å². The SMILES string of the molecule is Cn1c(=O)n(C2CCC(=O)NC2=O)c2ccc(N3CCN(C4CCCCN4C(=O)OC(C)(C)C)CC3)cc21. The van der Waals surface area contributed by atoms with E-state index in [1.807, 2.05) is 43.9 Å². The first-order valence-electron chi connectivity index (χ1n) is 13.6. The highest BCUT2D eigenvalue weighted by atomic mass is 16.6. The molecule has 3 amide bonds. The lowest BCUT2D eigenvalue weighted by Gasteiger charge is -2.46. The molecule has 1 N–H and O–H groups in total. The summed E-state index contributed by atoms with van der Waals surface area (Å²) in [6.45, 7) is 9.64. The maximum absolute atomic E-state index is 13.1. The molecule has 1 aromatic heterocycles. The number of amides is 3. The number of hydrogen-bond acceptors (Lipinski definition) is 7. The average Bonchev–Trinajstić information content (AvgIpc) is 3.12. The van der Waals surface area contributed by atoms with Crippen LogP contribution in [-0.4, -0.2) is 81.3 Å². The van der Waals surface area contributed by atoms with E-state index in [1.165, 1.54) is 4.57 Å². The summed E-state index contributed by atoms with van der Waals surface area (Å²) in [4.78, 5) is 56.6. The molecule has 3 saturated heterocycles. The second-order valence-corrected chi connectivity index (χ2v) is 11.5. The number of nitrogens with zero attached hydrogens (tertiary/aromatic N) is 5. The van der Waals surface area contributed by atoms with E-state index >= 15 is 0 Å². The van der Waals surface area contributed by atoms with Crippen LogP contribution in [0.2, 0.25) is 0 Å². The monoisotopic (exact) mass is 526 g/mol. The molecule has 11 heteroatoms. The molecule has 0 saturated carbocycles. The van der Waals surface area contributed by atoms with Gasteiger partial charge in [0.25, 0.3) is 0 Å². The molecule has 5 rings (SSSR count). The van der Waals surface area contributed by atoms with Crippen molar-refractivity contribution in [1.29, 1.82) is 0 Å². The summed E-state index contributed by atoms with van der Waals surface area (Å²) in [5, 5.41) is 2.35. The van der Waals surface area contributed by atoms with E-state index in [0.29, 0.717) is 18.5 Å². The van der Waals surface area contributed by atoms with Gasteiger partial charge in [-0.1, -0.05) is 0 Å². The van der Waals surface area contributed by atoms with E-state index in [4.69, 9.17) is 4.74 Å². The average molecular weight is 527 g/mol. The number of nitrogens with one attached hydrogen (secondary N) is 1. The molecular weight excluding hydrogens is 488 g/mol. The van der Waals surface area contributed by atoms with Crippen molar-refractivity contribution in [3.05, 3.63) is 28.7 Å². The Morgan fingerprint density at radius 1 is 0.974 bits per heavy atom. The van der Waals surface area contributed by atoms with Crippen molar-refractivity contribution in [2.45, 2.75) is 70.7 Å². The molecule has 1 aromatic carbocycles. The normalized spacial score (nSPS) is 23.6. The van der Waals surface area contributed by atoms with Crippen LogP contribution in [0.1, 0.15) is 58.9 Å². The van der Waals surface area contributed by atoms with Gasteiger partial charge < -0.3 is 9.64 Å². The number of imidazole rings is 1. The summed E-state index contributed by atoms with van der Waals surface area (Å²) in [5.74, 6) is -0.734. The molecule has 3 aliphatic heterocycles. The van der Waals surface area contributed by atoms with Crippen LogP contribution < -0.4 is 15.9 Å². The summed E-state index contributed by atoms with van der Waals surface area (Å²) in [6, 6.07) is 5.20. The molecule has 0 spiro atoms. The number of rotatable bonds is 3. The molecule has 0 aliphatic carbocycles. The van der Waals surface area contributed by atoms with E-state index < -0.39 is 17.6 Å². The number of likely N-dealkylation sites (tertiary alicyclic amines) is 1. The highest BCUT2D eigenvalue weighted by Gasteiger charge is 2.36. The van der Waals surface area contributed by atoms with Gasteiger partial charge in [0, 0.05) is 51.9 Å². The predicted molar refractivity (Wildman–Crippen MR) is 143 cm³/mol. The quantitative estimate of drug-likeness (QED) is 0.611. The molecule has 2 aromatic rings. The smallest absolute Gasteiger partial charge is 0.411 e. The Bertz CT molecular complexity index is 1300. The number of aryl methyl sites for hydroxylation is 1. The Labute approximate surface area is 222 Å². The van der Waals surface area contributed by atoms with Gasteiger partial charge in [-0.3, -0.25) is 33.8 Å². The summed E-state index contributed by atoms with van der Waals surface area (Å²) in [6.07, 6.45) is 3.37. The minimum absolute atomic E-state index is 0.0478. The summed E-state index contributed by atoms with van der Waals surface area (Å²) < 4.78 is 8.76. The van der Waals surface area contributed by atoms with Gasteiger partial charge in [-0.05, 0) is 64.7 Å². The van der Waals surface area contributed by atoms with Gasteiger partial charge in [0.05, 0.1) is 17.2 Å². The molecule has 0 bridgehead atoms. The van der Waals surface area contributed by atoms with Crippen LogP contribution in [0, 0.1) is 0 Å². The summed E-state index contributed by atoms with van der Waals surface area (Å²) in [5.41, 5.74) is 1.66. The number of carbonyl (C=O) groups is 3. The number of imide groups is 1. The van der Waals surface area contributed by atoms with Crippen LogP contribution in [0.3, 0.4) is 0 Å². The first-order chi connectivity index (χ1) is 18.0. The zero-order valence-corrected chi connectivity index (χ0v) is 22.7. The minimum atomic E-state index is -0.693. The van der Waals surface area contributed by atoms with Gasteiger partial charge in [-0.25, -0.2) is 9.59 Å². The van der Waals surface area contributed by atoms with Crippen LogP contribution in [0.5, 0.6) is 0 Å². The first kappa shape index (κ1) is 26.3. The fourth-order valence-corrected chi connectivity index (χ4v) is 5.88. The Kier molecular flexibility index (Phi) is 6.97. The number of piperidine rings is 2. The number of benzene rings is 1. The summed E-state index contributed by atoms with van der Waals surface area (Å²) >= 11 is 0. The lowest BCUT2D eigenvalue weighted by atomic mass is 10.1. The second kappa shape index (κ2) is 10.1. The van der Waals surface area contributed by atoms with Gasteiger partial charge in [-0.15, -0.1) is 0 Å².